The Bertz CT molecular complexity index is 744. The highest BCUT2D eigenvalue weighted by atomic mass is 79.9. The molecule has 7 nitrogen and oxygen atoms in total. The van der Waals surface area contributed by atoms with Crippen LogP contribution in [-0.4, -0.2) is 43.5 Å². The van der Waals surface area contributed by atoms with Crippen LogP contribution in [0, 0.1) is 5.92 Å². The fourth-order valence-corrected chi connectivity index (χ4v) is 6.77. The summed E-state index contributed by atoms with van der Waals surface area (Å²) >= 11 is 15.6. The molecule has 12 heteroatoms. The average Bonchev–Trinajstić information content (AvgIpc) is 2.72. The first kappa shape index (κ1) is 18.8. The number of carboxylic acid groups (broad SMARTS) is 1. The monoisotopic (exact) mass is 464 g/mol. The van der Waals surface area contributed by atoms with Crippen LogP contribution in [0.15, 0.2) is 9.37 Å². The zero-order valence-electron chi connectivity index (χ0n) is 11.4. The van der Waals surface area contributed by atoms with Gasteiger partial charge in [-0.05, 0) is 28.8 Å². The van der Waals surface area contributed by atoms with E-state index >= 15 is 0 Å². The van der Waals surface area contributed by atoms with Crippen molar-refractivity contribution >= 4 is 72.5 Å². The van der Waals surface area contributed by atoms with Crippen molar-refractivity contribution in [3.8, 4) is 0 Å². The Balaban J connectivity index is 2.09. The molecular formula is C11H11BrCl2N2O5S2. The average molecular weight is 466 g/mol. The van der Waals surface area contributed by atoms with Gasteiger partial charge in [-0.1, -0.05) is 23.2 Å². The third-order valence-electron chi connectivity index (χ3n) is 3.37. The lowest BCUT2D eigenvalue weighted by Crippen LogP contribution is -2.43. The zero-order valence-corrected chi connectivity index (χ0v) is 16.1. The fraction of sp³-hybridized carbons (Fsp3) is 0.455. The summed E-state index contributed by atoms with van der Waals surface area (Å²) < 4.78 is 26.8. The van der Waals surface area contributed by atoms with Crippen LogP contribution in [0.2, 0.25) is 8.67 Å². The number of hydrogen-bond donors (Lipinski definition) is 2. The first-order valence-electron chi connectivity index (χ1n) is 6.31. The SMILES string of the molecule is O=C(NS(=O)(=O)c1c(Cl)sc(Cl)c1Br)C1CCN(C(=O)O)CC1. The molecule has 0 aliphatic carbocycles. The molecule has 1 aliphatic heterocycles. The van der Waals surface area contributed by atoms with E-state index in [1.807, 2.05) is 4.72 Å². The van der Waals surface area contributed by atoms with E-state index in [1.54, 1.807) is 0 Å². The third kappa shape index (κ3) is 4.11. The molecule has 1 aliphatic rings. The fourth-order valence-electron chi connectivity index (χ4n) is 2.17. The molecule has 0 atom stereocenters. The number of amides is 2. The van der Waals surface area contributed by atoms with Gasteiger partial charge in [0, 0.05) is 19.0 Å². The molecule has 2 amide bonds. The molecular weight excluding hydrogens is 455 g/mol. The summed E-state index contributed by atoms with van der Waals surface area (Å²) in [5.41, 5.74) is 0. The molecule has 2 rings (SSSR count). The minimum Gasteiger partial charge on any atom is -0.465 e. The molecule has 0 bridgehead atoms. The first-order chi connectivity index (χ1) is 10.6. The molecule has 0 aromatic carbocycles. The molecule has 0 saturated carbocycles. The summed E-state index contributed by atoms with van der Waals surface area (Å²) in [6.07, 6.45) is -0.542. The number of rotatable bonds is 3. The van der Waals surface area contributed by atoms with E-state index in [-0.39, 0.29) is 44.0 Å². The van der Waals surface area contributed by atoms with Gasteiger partial charge in [-0.3, -0.25) is 4.79 Å². The summed E-state index contributed by atoms with van der Waals surface area (Å²) in [7, 11) is -4.16. The first-order valence-corrected chi connectivity index (χ1v) is 10.2. The smallest absolute Gasteiger partial charge is 0.407 e. The maximum absolute atomic E-state index is 12.3. The maximum atomic E-state index is 12.3. The number of nitrogens with one attached hydrogen (secondary N) is 1. The predicted octanol–water partition coefficient (Wildman–Crippen LogP) is 3.01. The van der Waals surface area contributed by atoms with Gasteiger partial charge in [-0.15, -0.1) is 11.3 Å². The predicted molar refractivity (Wildman–Crippen MR) is 89.7 cm³/mol. The lowest BCUT2D eigenvalue weighted by Gasteiger charge is -2.29. The van der Waals surface area contributed by atoms with Gasteiger partial charge in [0.2, 0.25) is 5.91 Å². The van der Waals surface area contributed by atoms with Gasteiger partial charge in [-0.25, -0.2) is 17.9 Å². The normalized spacial score (nSPS) is 16.4. The van der Waals surface area contributed by atoms with E-state index < -0.39 is 27.9 Å². The number of carbonyl (C=O) groups excluding carboxylic acids is 1. The molecule has 2 N–H and O–H groups in total. The van der Waals surface area contributed by atoms with Crippen LogP contribution in [0.1, 0.15) is 12.8 Å². The minimum atomic E-state index is -4.16. The van der Waals surface area contributed by atoms with Crippen molar-refractivity contribution in [1.82, 2.24) is 9.62 Å². The van der Waals surface area contributed by atoms with Crippen LogP contribution < -0.4 is 4.72 Å². The second kappa shape index (κ2) is 7.14. The van der Waals surface area contributed by atoms with E-state index in [9.17, 15) is 18.0 Å². The van der Waals surface area contributed by atoms with E-state index in [1.165, 1.54) is 4.90 Å². The number of likely N-dealkylation sites (tertiary alicyclic amines) is 1. The highest BCUT2D eigenvalue weighted by Crippen LogP contribution is 2.42. The van der Waals surface area contributed by atoms with Crippen molar-refractivity contribution < 1.29 is 23.1 Å². The molecule has 2 heterocycles. The number of hydrogen-bond acceptors (Lipinski definition) is 5. The molecule has 0 unspecified atom stereocenters. The second-order valence-corrected chi connectivity index (χ2v) is 9.44. The quantitative estimate of drug-likeness (QED) is 0.713. The van der Waals surface area contributed by atoms with Crippen molar-refractivity contribution in [3.05, 3.63) is 13.1 Å². The summed E-state index contributed by atoms with van der Waals surface area (Å²) in [6, 6.07) is 0. The van der Waals surface area contributed by atoms with E-state index in [0.29, 0.717) is 0 Å². The van der Waals surface area contributed by atoms with Gasteiger partial charge >= 0.3 is 6.09 Å². The van der Waals surface area contributed by atoms with Crippen LogP contribution >= 0.6 is 50.5 Å². The van der Waals surface area contributed by atoms with Crippen LogP contribution in [0.25, 0.3) is 0 Å². The number of piperidine rings is 1. The summed E-state index contributed by atoms with van der Waals surface area (Å²) in [5, 5.41) is 8.86. The molecule has 1 saturated heterocycles. The number of halogens is 3. The second-order valence-electron chi connectivity index (χ2n) is 4.81. The third-order valence-corrected chi connectivity index (χ3v) is 8.18. The Kier molecular flexibility index (Phi) is 5.83. The van der Waals surface area contributed by atoms with Crippen LogP contribution in [0.4, 0.5) is 4.79 Å². The van der Waals surface area contributed by atoms with Crippen molar-refractivity contribution in [2.45, 2.75) is 17.7 Å². The van der Waals surface area contributed by atoms with E-state index in [0.717, 1.165) is 11.3 Å². The van der Waals surface area contributed by atoms with Crippen molar-refractivity contribution in [1.29, 1.82) is 0 Å². The molecule has 1 aromatic heterocycles. The van der Waals surface area contributed by atoms with Crippen molar-refractivity contribution in [2.75, 3.05) is 13.1 Å². The number of thiophene rings is 1. The minimum absolute atomic E-state index is 0.0529. The van der Waals surface area contributed by atoms with Crippen LogP contribution in [0.5, 0.6) is 0 Å². The van der Waals surface area contributed by atoms with Gasteiger partial charge in [-0.2, -0.15) is 0 Å². The zero-order chi connectivity index (χ0) is 17.4. The molecule has 128 valence electrons. The largest absolute Gasteiger partial charge is 0.465 e. The maximum Gasteiger partial charge on any atom is 0.407 e. The van der Waals surface area contributed by atoms with Crippen molar-refractivity contribution in [2.24, 2.45) is 5.92 Å². The Hall–Kier alpha value is -0.550. The van der Waals surface area contributed by atoms with Gasteiger partial charge in [0.25, 0.3) is 10.0 Å². The van der Waals surface area contributed by atoms with Gasteiger partial charge in [0.1, 0.15) is 13.6 Å². The van der Waals surface area contributed by atoms with Gasteiger partial charge in [0.05, 0.1) is 4.47 Å². The lowest BCUT2D eigenvalue weighted by molar-refractivity contribution is -0.124. The summed E-state index contributed by atoms with van der Waals surface area (Å²) in [6.45, 7) is 0.365. The summed E-state index contributed by atoms with van der Waals surface area (Å²) in [5.74, 6) is -1.26. The Morgan fingerprint density at radius 2 is 1.83 bits per heavy atom. The van der Waals surface area contributed by atoms with E-state index in [4.69, 9.17) is 28.3 Å². The number of carbonyl (C=O) groups is 2. The number of nitrogens with zero attached hydrogens (tertiary/aromatic N) is 1. The van der Waals surface area contributed by atoms with Gasteiger partial charge < -0.3 is 10.0 Å². The molecule has 1 fully saturated rings. The molecule has 1 aromatic rings. The standard InChI is InChI=1S/C11H11BrCl2N2O5S2/c12-6-7(9(14)22-8(6)13)23(20,21)15-10(17)5-1-3-16(4-2-5)11(18)19/h5H,1-4H2,(H,15,17)(H,18,19). The van der Waals surface area contributed by atoms with Crippen LogP contribution in [0.3, 0.4) is 0 Å². The Morgan fingerprint density at radius 1 is 1.26 bits per heavy atom. The van der Waals surface area contributed by atoms with Crippen molar-refractivity contribution in [3.63, 3.8) is 0 Å². The molecule has 23 heavy (non-hydrogen) atoms. The van der Waals surface area contributed by atoms with Gasteiger partial charge in [0.15, 0.2) is 0 Å². The van der Waals surface area contributed by atoms with E-state index in [2.05, 4.69) is 15.9 Å². The Labute approximate surface area is 154 Å². The molecule has 0 radical (unpaired) electrons. The Morgan fingerprint density at radius 3 is 2.26 bits per heavy atom. The topological polar surface area (TPSA) is 104 Å². The summed E-state index contributed by atoms with van der Waals surface area (Å²) in [4.78, 5) is 23.9. The number of sulfonamides is 1. The lowest BCUT2D eigenvalue weighted by atomic mass is 9.97. The van der Waals surface area contributed by atoms with Crippen LogP contribution in [-0.2, 0) is 14.8 Å². The highest BCUT2D eigenvalue weighted by Gasteiger charge is 2.32. The highest BCUT2D eigenvalue weighted by molar-refractivity contribution is 9.10. The molecule has 0 spiro atoms.